The van der Waals surface area contributed by atoms with Crippen molar-refractivity contribution in [3.05, 3.63) is 42.2 Å². The lowest BCUT2D eigenvalue weighted by atomic mass is 10.3. The second kappa shape index (κ2) is 5.90. The highest BCUT2D eigenvalue weighted by atomic mass is 19.1. The number of carbonyl (C=O) groups excluding carboxylic acids is 1. The van der Waals surface area contributed by atoms with Crippen molar-refractivity contribution in [1.82, 2.24) is 19.7 Å². The molecular formula is C18H17FN6O2. The Morgan fingerprint density at radius 1 is 1.30 bits per heavy atom. The van der Waals surface area contributed by atoms with Crippen LogP contribution in [0.25, 0.3) is 11.5 Å². The van der Waals surface area contributed by atoms with Crippen LogP contribution >= 0.6 is 0 Å². The predicted octanol–water partition coefficient (Wildman–Crippen LogP) is 2.18. The van der Waals surface area contributed by atoms with Crippen molar-refractivity contribution in [1.29, 1.82) is 0 Å². The van der Waals surface area contributed by atoms with Gasteiger partial charge in [-0.05, 0) is 18.6 Å². The van der Waals surface area contributed by atoms with E-state index in [2.05, 4.69) is 15.1 Å². The molecule has 0 spiro atoms. The molecule has 0 aromatic carbocycles. The van der Waals surface area contributed by atoms with Crippen molar-refractivity contribution in [2.45, 2.75) is 19.1 Å². The number of fused-ring (bicyclic) bond motifs is 1. The lowest BCUT2D eigenvalue weighted by Gasteiger charge is -2.15. The highest BCUT2D eigenvalue weighted by Gasteiger charge is 2.35. The molecule has 27 heavy (non-hydrogen) atoms. The third-order valence-electron chi connectivity index (χ3n) is 4.90. The van der Waals surface area contributed by atoms with Crippen LogP contribution in [0.15, 0.2) is 35.1 Å². The second-order valence-electron chi connectivity index (χ2n) is 6.80. The zero-order valence-electron chi connectivity index (χ0n) is 14.7. The summed E-state index contributed by atoms with van der Waals surface area (Å²) in [6.07, 6.45) is 4.79. The topological polar surface area (TPSA) is 80.3 Å². The van der Waals surface area contributed by atoms with Crippen molar-refractivity contribution in [3.63, 3.8) is 0 Å². The summed E-state index contributed by atoms with van der Waals surface area (Å²) in [6.45, 7) is 1.39. The number of nitrogens with zero attached hydrogens (tertiary/aromatic N) is 6. The summed E-state index contributed by atoms with van der Waals surface area (Å²) in [5, 5.41) is 4.09. The second-order valence-corrected chi connectivity index (χ2v) is 6.80. The number of hydrogen-bond donors (Lipinski definition) is 0. The minimum atomic E-state index is -0.796. The Kier molecular flexibility index (Phi) is 3.49. The maximum atomic E-state index is 13.4. The van der Waals surface area contributed by atoms with Gasteiger partial charge in [-0.15, -0.1) is 0 Å². The van der Waals surface area contributed by atoms with Crippen LogP contribution in [-0.2, 0) is 13.6 Å². The number of alkyl halides is 1. The van der Waals surface area contributed by atoms with Gasteiger partial charge in [0.05, 0.1) is 30.5 Å². The molecular weight excluding hydrogens is 351 g/mol. The van der Waals surface area contributed by atoms with E-state index < -0.39 is 6.17 Å². The number of amides is 1. The normalized spacial score (nSPS) is 19.2. The number of halogens is 1. The van der Waals surface area contributed by atoms with Crippen LogP contribution in [0.2, 0.25) is 0 Å². The molecule has 3 aromatic rings. The predicted molar refractivity (Wildman–Crippen MR) is 95.2 cm³/mol. The van der Waals surface area contributed by atoms with E-state index in [-0.39, 0.29) is 11.7 Å². The molecule has 0 N–H and O–H groups in total. The average molecular weight is 368 g/mol. The molecule has 1 saturated heterocycles. The van der Waals surface area contributed by atoms with Crippen LogP contribution in [-0.4, -0.2) is 44.9 Å². The first-order valence-corrected chi connectivity index (χ1v) is 8.74. The van der Waals surface area contributed by atoms with Gasteiger partial charge in [0.2, 0.25) is 11.7 Å². The lowest BCUT2D eigenvalue weighted by molar-refractivity contribution is 0.0972. The summed E-state index contributed by atoms with van der Waals surface area (Å²) in [5.74, 6) is 1.12. The summed E-state index contributed by atoms with van der Waals surface area (Å²) in [4.78, 5) is 25.0. The molecule has 5 rings (SSSR count). The van der Waals surface area contributed by atoms with E-state index >= 15 is 0 Å². The van der Waals surface area contributed by atoms with Crippen molar-refractivity contribution in [2.24, 2.45) is 7.05 Å². The first-order valence-electron chi connectivity index (χ1n) is 8.74. The molecule has 0 radical (unpaired) electrons. The van der Waals surface area contributed by atoms with Gasteiger partial charge in [-0.25, -0.2) is 14.4 Å². The molecule has 8 nitrogen and oxygen atoms in total. The number of carbonyl (C=O) groups is 1. The molecule has 9 heteroatoms. The van der Waals surface area contributed by atoms with E-state index in [0.29, 0.717) is 48.9 Å². The fourth-order valence-corrected chi connectivity index (χ4v) is 3.48. The molecule has 3 aromatic heterocycles. The van der Waals surface area contributed by atoms with E-state index in [1.54, 1.807) is 35.2 Å². The van der Waals surface area contributed by atoms with E-state index in [1.165, 1.54) is 0 Å². The third-order valence-corrected chi connectivity index (χ3v) is 4.90. The van der Waals surface area contributed by atoms with Crippen LogP contribution in [0.5, 0.6) is 0 Å². The van der Waals surface area contributed by atoms with Crippen LogP contribution in [0, 0.1) is 0 Å². The fourth-order valence-electron chi connectivity index (χ4n) is 3.48. The van der Waals surface area contributed by atoms with Gasteiger partial charge in [-0.2, -0.15) is 5.10 Å². The Morgan fingerprint density at radius 3 is 2.81 bits per heavy atom. The van der Waals surface area contributed by atoms with E-state index in [9.17, 15) is 9.18 Å². The molecule has 0 saturated carbocycles. The van der Waals surface area contributed by atoms with Gasteiger partial charge in [-0.3, -0.25) is 14.4 Å². The molecule has 0 bridgehead atoms. The van der Waals surface area contributed by atoms with Gasteiger partial charge in [-0.1, -0.05) is 0 Å². The number of oxazole rings is 1. The molecule has 2 aliphatic heterocycles. The van der Waals surface area contributed by atoms with E-state index in [0.717, 1.165) is 5.82 Å². The average Bonchev–Trinajstić information content (AvgIpc) is 3.42. The number of pyridine rings is 1. The van der Waals surface area contributed by atoms with Crippen molar-refractivity contribution >= 4 is 17.4 Å². The van der Waals surface area contributed by atoms with Gasteiger partial charge in [0.1, 0.15) is 17.7 Å². The number of aryl methyl sites for hydroxylation is 1. The van der Waals surface area contributed by atoms with Gasteiger partial charge >= 0.3 is 0 Å². The van der Waals surface area contributed by atoms with Crippen LogP contribution in [0.1, 0.15) is 22.7 Å². The van der Waals surface area contributed by atoms with Gasteiger partial charge < -0.3 is 9.32 Å². The number of aromatic nitrogens is 4. The van der Waals surface area contributed by atoms with Gasteiger partial charge in [0.15, 0.2) is 0 Å². The van der Waals surface area contributed by atoms with Crippen molar-refractivity contribution < 1.29 is 13.6 Å². The molecule has 1 fully saturated rings. The molecule has 1 atom stereocenters. The largest absolute Gasteiger partial charge is 0.430 e. The number of hydrogen-bond acceptors (Lipinski definition) is 6. The Balaban J connectivity index is 1.37. The molecule has 138 valence electrons. The zero-order valence-corrected chi connectivity index (χ0v) is 14.7. The monoisotopic (exact) mass is 368 g/mol. The Labute approximate surface area is 154 Å². The Morgan fingerprint density at radius 2 is 2.19 bits per heavy atom. The van der Waals surface area contributed by atoms with Gasteiger partial charge in [0.25, 0.3) is 5.91 Å². The molecule has 1 amide bonds. The SMILES string of the molecule is Cn1cc(N2Cc3nc(-c4ccc(N5CC[C@H](F)C5)nc4)oc3C2=O)cn1. The van der Waals surface area contributed by atoms with E-state index in [4.69, 9.17) is 4.42 Å². The molecule has 5 heterocycles. The molecule has 0 unspecified atom stereocenters. The number of rotatable bonds is 3. The lowest BCUT2D eigenvalue weighted by Crippen LogP contribution is -2.22. The quantitative estimate of drug-likeness (QED) is 0.705. The van der Waals surface area contributed by atoms with Crippen molar-refractivity contribution in [2.75, 3.05) is 22.9 Å². The molecule has 2 aliphatic rings. The standard InChI is InChI=1S/C18H17FN6O2/c1-23-9-13(7-21-23)25-10-14-16(18(25)26)27-17(22-14)11-2-3-15(20-6-11)24-5-4-12(19)8-24/h2-3,6-7,9,12H,4-5,8,10H2,1H3/t12-/m0/s1. The summed E-state index contributed by atoms with van der Waals surface area (Å²) < 4.78 is 20.7. The summed E-state index contributed by atoms with van der Waals surface area (Å²) in [7, 11) is 1.80. The van der Waals surface area contributed by atoms with Crippen LogP contribution < -0.4 is 9.80 Å². The summed E-state index contributed by atoms with van der Waals surface area (Å²) >= 11 is 0. The molecule has 0 aliphatic carbocycles. The van der Waals surface area contributed by atoms with Crippen LogP contribution in [0.3, 0.4) is 0 Å². The summed E-state index contributed by atoms with van der Waals surface area (Å²) in [5.41, 5.74) is 1.99. The minimum Gasteiger partial charge on any atom is -0.430 e. The highest BCUT2D eigenvalue weighted by Crippen LogP contribution is 2.32. The van der Waals surface area contributed by atoms with Crippen LogP contribution in [0.4, 0.5) is 15.9 Å². The Bertz CT molecular complexity index is 1010. The Hall–Kier alpha value is -3.23. The minimum absolute atomic E-state index is 0.229. The highest BCUT2D eigenvalue weighted by molar-refractivity contribution is 6.07. The van der Waals surface area contributed by atoms with Crippen molar-refractivity contribution in [3.8, 4) is 11.5 Å². The first kappa shape index (κ1) is 16.0. The first-order chi connectivity index (χ1) is 13.1. The summed E-state index contributed by atoms with van der Waals surface area (Å²) in [6, 6.07) is 3.66. The maximum absolute atomic E-state index is 13.4. The maximum Gasteiger partial charge on any atom is 0.296 e. The van der Waals surface area contributed by atoms with E-state index in [1.807, 2.05) is 17.0 Å². The zero-order chi connectivity index (χ0) is 18.5. The van der Waals surface area contributed by atoms with Gasteiger partial charge in [0, 0.05) is 26.0 Å². The fraction of sp³-hybridized carbons (Fsp3) is 0.333. The number of anilines is 2. The smallest absolute Gasteiger partial charge is 0.296 e. The third kappa shape index (κ3) is 2.66.